The van der Waals surface area contributed by atoms with Gasteiger partial charge in [-0.1, -0.05) is 11.6 Å². The van der Waals surface area contributed by atoms with Gasteiger partial charge in [0, 0.05) is 31.2 Å². The molecule has 2 saturated heterocycles. The third-order valence-electron chi connectivity index (χ3n) is 7.14. The highest BCUT2D eigenvalue weighted by atomic mass is 19.1. The Morgan fingerprint density at radius 1 is 1.29 bits per heavy atom. The molecule has 8 atom stereocenters. The zero-order valence-corrected chi connectivity index (χ0v) is 17.6. The molecule has 1 saturated carbocycles. The Hall–Kier alpha value is -0.570. The largest absolute Gasteiger partial charge is 0.377 e. The van der Waals surface area contributed by atoms with Crippen LogP contribution in [0, 0.1) is 11.8 Å². The fourth-order valence-electron chi connectivity index (χ4n) is 5.63. The van der Waals surface area contributed by atoms with Gasteiger partial charge in [-0.25, -0.2) is 4.39 Å². The van der Waals surface area contributed by atoms with Crippen molar-refractivity contribution in [2.75, 3.05) is 33.8 Å². The van der Waals surface area contributed by atoms with Crippen LogP contribution in [-0.4, -0.2) is 75.5 Å². The van der Waals surface area contributed by atoms with Crippen LogP contribution in [0.2, 0.25) is 0 Å². The second kappa shape index (κ2) is 9.06. The van der Waals surface area contributed by atoms with Crippen molar-refractivity contribution < 1.29 is 9.13 Å². The van der Waals surface area contributed by atoms with Crippen molar-refractivity contribution in [2.24, 2.45) is 11.8 Å². The van der Waals surface area contributed by atoms with Gasteiger partial charge >= 0.3 is 0 Å². The smallest absolute Gasteiger partial charge is 0.124 e. The molecular formula is C21H38FN5O. The minimum atomic E-state index is -0.914. The minimum Gasteiger partial charge on any atom is -0.377 e. The summed E-state index contributed by atoms with van der Waals surface area (Å²) in [5.41, 5.74) is 1.28. The molecular weight excluding hydrogens is 357 g/mol. The lowest BCUT2D eigenvalue weighted by atomic mass is 9.71. The summed E-state index contributed by atoms with van der Waals surface area (Å²) in [6.45, 7) is 4.96. The number of alkyl halides is 1. The van der Waals surface area contributed by atoms with E-state index in [-0.39, 0.29) is 30.5 Å². The number of ether oxygens (including phenoxy) is 1. The van der Waals surface area contributed by atoms with E-state index in [4.69, 9.17) is 4.74 Å². The number of hydrogen-bond donors (Lipinski definition) is 4. The minimum absolute atomic E-state index is 0.0546. The molecule has 0 amide bonds. The molecule has 3 aliphatic heterocycles. The maximum Gasteiger partial charge on any atom is 0.124 e. The second-order valence-electron chi connectivity index (χ2n) is 9.25. The first-order valence-corrected chi connectivity index (χ1v) is 11.1. The van der Waals surface area contributed by atoms with Crippen molar-refractivity contribution in [1.29, 1.82) is 0 Å². The van der Waals surface area contributed by atoms with Crippen molar-refractivity contribution in [3.8, 4) is 0 Å². The van der Waals surface area contributed by atoms with Gasteiger partial charge in [0.05, 0.1) is 12.3 Å². The average molecular weight is 396 g/mol. The summed E-state index contributed by atoms with van der Waals surface area (Å²) in [5, 5.41) is 13.9. The number of nitrogens with zero attached hydrogens (tertiary/aromatic N) is 1. The number of rotatable bonds is 4. The number of fused-ring (bicyclic) bond motifs is 1. The van der Waals surface area contributed by atoms with Gasteiger partial charge in [-0.3, -0.25) is 16.0 Å². The van der Waals surface area contributed by atoms with Gasteiger partial charge < -0.3 is 15.0 Å². The molecule has 0 aromatic rings. The van der Waals surface area contributed by atoms with Crippen molar-refractivity contribution in [1.82, 2.24) is 26.2 Å². The van der Waals surface area contributed by atoms with Crippen LogP contribution in [-0.2, 0) is 4.74 Å². The Balaban J connectivity index is 1.49. The molecule has 4 N–H and O–H groups in total. The first kappa shape index (κ1) is 20.7. The SMILES string of the molecule is CNC1CC(C)NC(NC2CC3CCOC3C(C3=CCN(C)CCC3)C2F)N1. The summed E-state index contributed by atoms with van der Waals surface area (Å²) >= 11 is 0. The number of hydrogen-bond acceptors (Lipinski definition) is 6. The standard InChI is InChI=1S/C21H38FN5O/c1-13-11-17(23-2)26-21(24-13)25-16-12-15-7-10-28-20(15)18(19(16)22)14-5-4-8-27(3)9-6-14/h6,13,15-21,23-26H,4-5,7-12H2,1-3H3. The van der Waals surface area contributed by atoms with Gasteiger partial charge in [0.2, 0.25) is 0 Å². The van der Waals surface area contributed by atoms with E-state index in [9.17, 15) is 0 Å². The fraction of sp³-hybridized carbons (Fsp3) is 0.905. The molecule has 3 fully saturated rings. The molecule has 28 heavy (non-hydrogen) atoms. The monoisotopic (exact) mass is 395 g/mol. The van der Waals surface area contributed by atoms with Gasteiger partial charge in [0.1, 0.15) is 12.5 Å². The van der Waals surface area contributed by atoms with E-state index in [1.54, 1.807) is 0 Å². The van der Waals surface area contributed by atoms with Crippen molar-refractivity contribution in [2.45, 2.75) is 75.8 Å². The molecule has 1 aliphatic carbocycles. The summed E-state index contributed by atoms with van der Waals surface area (Å²) in [4.78, 5) is 2.32. The van der Waals surface area contributed by atoms with Crippen molar-refractivity contribution >= 4 is 0 Å². The predicted molar refractivity (Wildman–Crippen MR) is 110 cm³/mol. The molecule has 0 bridgehead atoms. The first-order valence-electron chi connectivity index (χ1n) is 11.1. The Morgan fingerprint density at radius 3 is 2.96 bits per heavy atom. The van der Waals surface area contributed by atoms with Crippen LogP contribution in [0.25, 0.3) is 0 Å². The Bertz CT molecular complexity index is 561. The Morgan fingerprint density at radius 2 is 2.14 bits per heavy atom. The summed E-state index contributed by atoms with van der Waals surface area (Å²) in [7, 11) is 4.11. The molecule has 0 radical (unpaired) electrons. The summed E-state index contributed by atoms with van der Waals surface area (Å²) in [6, 6.07) is 0.235. The second-order valence-corrected chi connectivity index (χ2v) is 9.25. The molecule has 0 aromatic heterocycles. The van der Waals surface area contributed by atoms with Gasteiger partial charge in [-0.05, 0) is 65.6 Å². The van der Waals surface area contributed by atoms with E-state index in [0.717, 1.165) is 51.8 Å². The number of likely N-dealkylation sites (N-methyl/N-ethyl adjacent to an activating group) is 1. The van der Waals surface area contributed by atoms with E-state index in [2.05, 4.69) is 46.2 Å². The zero-order valence-electron chi connectivity index (χ0n) is 17.6. The molecule has 4 aliphatic rings. The Kier molecular flexibility index (Phi) is 6.70. The molecule has 160 valence electrons. The van der Waals surface area contributed by atoms with Crippen molar-refractivity contribution in [3.05, 3.63) is 11.6 Å². The summed E-state index contributed by atoms with van der Waals surface area (Å²) in [6.07, 6.45) is 6.62. The lowest BCUT2D eigenvalue weighted by molar-refractivity contribution is -0.0262. The highest BCUT2D eigenvalue weighted by Gasteiger charge is 2.49. The molecule has 3 heterocycles. The number of nitrogens with one attached hydrogen (secondary N) is 4. The van der Waals surface area contributed by atoms with E-state index in [1.807, 2.05) is 7.05 Å². The van der Waals surface area contributed by atoms with Gasteiger partial charge in [-0.2, -0.15) is 0 Å². The van der Waals surface area contributed by atoms with E-state index >= 15 is 4.39 Å². The quantitative estimate of drug-likeness (QED) is 0.536. The van der Waals surface area contributed by atoms with Gasteiger partial charge in [-0.15, -0.1) is 0 Å². The topological polar surface area (TPSA) is 60.6 Å². The third-order valence-corrected chi connectivity index (χ3v) is 7.14. The average Bonchev–Trinajstić information content (AvgIpc) is 3.02. The van der Waals surface area contributed by atoms with E-state index in [1.165, 1.54) is 5.57 Å². The fourth-order valence-corrected chi connectivity index (χ4v) is 5.63. The van der Waals surface area contributed by atoms with Crippen LogP contribution < -0.4 is 21.3 Å². The van der Waals surface area contributed by atoms with E-state index < -0.39 is 6.17 Å². The number of halogens is 1. The molecule has 7 heteroatoms. The zero-order chi connectivity index (χ0) is 19.7. The van der Waals surface area contributed by atoms with Crippen LogP contribution in [0.4, 0.5) is 4.39 Å². The summed E-state index contributed by atoms with van der Waals surface area (Å²) < 4.78 is 22.0. The van der Waals surface area contributed by atoms with Crippen LogP contribution in [0.3, 0.4) is 0 Å². The maximum absolute atomic E-state index is 15.9. The third kappa shape index (κ3) is 4.45. The Labute approximate surface area is 169 Å². The molecule has 0 aromatic carbocycles. The van der Waals surface area contributed by atoms with Crippen LogP contribution in [0.15, 0.2) is 11.6 Å². The first-order chi connectivity index (χ1) is 13.5. The van der Waals surface area contributed by atoms with Gasteiger partial charge in [0.25, 0.3) is 0 Å². The molecule has 6 nitrogen and oxygen atoms in total. The maximum atomic E-state index is 15.9. The molecule has 8 unspecified atom stereocenters. The lowest BCUT2D eigenvalue weighted by Crippen LogP contribution is -2.69. The summed E-state index contributed by atoms with van der Waals surface area (Å²) in [5.74, 6) is 0.351. The highest BCUT2D eigenvalue weighted by molar-refractivity contribution is 5.18. The normalized spacial score (nSPS) is 45.4. The van der Waals surface area contributed by atoms with E-state index in [0.29, 0.717) is 12.0 Å². The highest BCUT2D eigenvalue weighted by Crippen LogP contribution is 2.44. The van der Waals surface area contributed by atoms with Crippen molar-refractivity contribution in [3.63, 3.8) is 0 Å². The van der Waals surface area contributed by atoms with Gasteiger partial charge in [0.15, 0.2) is 0 Å². The van der Waals surface area contributed by atoms with Crippen LogP contribution in [0.5, 0.6) is 0 Å². The van der Waals surface area contributed by atoms with Crippen LogP contribution >= 0.6 is 0 Å². The predicted octanol–water partition coefficient (Wildman–Crippen LogP) is 1.16. The lowest BCUT2D eigenvalue weighted by Gasteiger charge is -2.45. The molecule has 4 rings (SSSR count). The molecule has 0 spiro atoms. The van der Waals surface area contributed by atoms with Crippen LogP contribution in [0.1, 0.15) is 39.0 Å².